The van der Waals surface area contributed by atoms with E-state index in [0.717, 1.165) is 18.2 Å². The fraction of sp³-hybridized carbons (Fsp3) is 0.550. The molecular weight excluding hydrogens is 505 g/mol. The van der Waals surface area contributed by atoms with Gasteiger partial charge in [-0.05, 0) is 31.4 Å². The van der Waals surface area contributed by atoms with Gasteiger partial charge in [0.25, 0.3) is 0 Å². The molecule has 0 aromatic heterocycles. The molecule has 2 aliphatic carbocycles. The number of ether oxygens (including phenoxy) is 2. The molecule has 2 saturated carbocycles. The number of nitrogens with zero attached hydrogens (tertiary/aromatic N) is 1. The van der Waals surface area contributed by atoms with Crippen molar-refractivity contribution < 1.29 is 45.8 Å². The van der Waals surface area contributed by atoms with Crippen LogP contribution in [-0.4, -0.2) is 56.6 Å². The highest BCUT2D eigenvalue weighted by Gasteiger charge is 2.75. The number of carboxylic acid groups (broad SMARTS) is 1. The largest absolute Gasteiger partial charge is 0.484 e. The maximum absolute atomic E-state index is 13.4. The smallest absolute Gasteiger partial charge is 0.422 e. The van der Waals surface area contributed by atoms with Crippen LogP contribution in [0.15, 0.2) is 23.1 Å². The molecular formula is C20H20ClF3N2O7S. The van der Waals surface area contributed by atoms with Gasteiger partial charge in [-0.2, -0.15) is 18.4 Å². The van der Waals surface area contributed by atoms with Crippen LogP contribution in [0.1, 0.15) is 19.3 Å². The summed E-state index contributed by atoms with van der Waals surface area (Å²) in [7, 11) is -3.11. The highest BCUT2D eigenvalue weighted by Crippen LogP contribution is 2.66. The molecule has 0 saturated heterocycles. The van der Waals surface area contributed by atoms with Crippen molar-refractivity contribution in [2.45, 2.75) is 41.7 Å². The van der Waals surface area contributed by atoms with E-state index in [1.165, 1.54) is 7.11 Å². The molecule has 1 aromatic rings. The number of primary amides is 1. The van der Waals surface area contributed by atoms with Crippen molar-refractivity contribution in [3.8, 4) is 11.8 Å². The van der Waals surface area contributed by atoms with Gasteiger partial charge < -0.3 is 20.3 Å². The van der Waals surface area contributed by atoms with Crippen LogP contribution in [0.2, 0.25) is 5.02 Å². The number of hydrogen-bond acceptors (Lipinski definition) is 7. The second kappa shape index (κ2) is 8.58. The van der Waals surface area contributed by atoms with E-state index in [4.69, 9.17) is 22.1 Å². The Labute approximate surface area is 197 Å². The maximum atomic E-state index is 13.4. The van der Waals surface area contributed by atoms with Crippen molar-refractivity contribution in [2.75, 3.05) is 13.7 Å². The zero-order valence-electron chi connectivity index (χ0n) is 17.6. The number of nitriles is 1. The van der Waals surface area contributed by atoms with Gasteiger partial charge >= 0.3 is 12.1 Å². The van der Waals surface area contributed by atoms with Gasteiger partial charge in [0.2, 0.25) is 5.91 Å². The van der Waals surface area contributed by atoms with E-state index in [1.807, 2.05) is 0 Å². The molecule has 2 aliphatic rings. The fourth-order valence-electron chi connectivity index (χ4n) is 4.81. The summed E-state index contributed by atoms with van der Waals surface area (Å²) in [4.78, 5) is 23.9. The number of carboxylic acids is 1. The van der Waals surface area contributed by atoms with Crippen molar-refractivity contribution in [1.29, 1.82) is 5.26 Å². The van der Waals surface area contributed by atoms with Gasteiger partial charge in [0.15, 0.2) is 16.4 Å². The number of alkyl halides is 3. The summed E-state index contributed by atoms with van der Waals surface area (Å²) in [6.45, 7) is -1.60. The number of methoxy groups -OCH3 is 1. The Morgan fingerprint density at radius 3 is 2.44 bits per heavy atom. The van der Waals surface area contributed by atoms with Crippen LogP contribution in [-0.2, 0) is 24.2 Å². The molecule has 186 valence electrons. The van der Waals surface area contributed by atoms with Crippen LogP contribution in [0.4, 0.5) is 13.2 Å². The van der Waals surface area contributed by atoms with E-state index in [9.17, 15) is 41.5 Å². The molecule has 3 rings (SSSR count). The van der Waals surface area contributed by atoms with Gasteiger partial charge in [-0.3, -0.25) is 9.59 Å². The molecule has 5 atom stereocenters. The van der Waals surface area contributed by atoms with Gasteiger partial charge in [0.1, 0.15) is 16.6 Å². The number of amides is 1. The first-order chi connectivity index (χ1) is 15.7. The number of carbonyl (C=O) groups is 2. The average Bonchev–Trinajstić information content (AvgIpc) is 3.36. The van der Waals surface area contributed by atoms with Gasteiger partial charge in [0, 0.05) is 19.1 Å². The Bertz CT molecular complexity index is 1170. The van der Waals surface area contributed by atoms with Crippen molar-refractivity contribution >= 4 is 33.3 Å². The third-order valence-corrected chi connectivity index (χ3v) is 9.20. The van der Waals surface area contributed by atoms with E-state index in [0.29, 0.717) is 0 Å². The van der Waals surface area contributed by atoms with E-state index in [-0.39, 0.29) is 18.6 Å². The molecule has 1 aromatic carbocycles. The van der Waals surface area contributed by atoms with E-state index in [2.05, 4.69) is 4.74 Å². The monoisotopic (exact) mass is 524 g/mol. The molecule has 0 bridgehead atoms. The van der Waals surface area contributed by atoms with Crippen molar-refractivity contribution in [1.82, 2.24) is 0 Å². The first-order valence-electron chi connectivity index (χ1n) is 9.86. The number of carbonyl (C=O) groups excluding carboxylic acids is 1. The quantitative estimate of drug-likeness (QED) is 0.524. The lowest BCUT2D eigenvalue weighted by atomic mass is 9.75. The molecule has 9 nitrogen and oxygen atoms in total. The van der Waals surface area contributed by atoms with Crippen LogP contribution in [0.5, 0.6) is 5.75 Å². The van der Waals surface area contributed by atoms with Crippen LogP contribution < -0.4 is 10.5 Å². The van der Waals surface area contributed by atoms with Crippen LogP contribution in [0, 0.1) is 28.1 Å². The summed E-state index contributed by atoms with van der Waals surface area (Å²) in [6, 6.07) is 4.67. The topological polar surface area (TPSA) is 157 Å². The zero-order chi connectivity index (χ0) is 25.7. The summed E-state index contributed by atoms with van der Waals surface area (Å²) < 4.78 is 73.7. The normalized spacial score (nSPS) is 31.0. The predicted molar refractivity (Wildman–Crippen MR) is 109 cm³/mol. The first-order valence-corrected chi connectivity index (χ1v) is 11.8. The highest BCUT2D eigenvalue weighted by atomic mass is 35.5. The molecule has 34 heavy (non-hydrogen) atoms. The van der Waals surface area contributed by atoms with Crippen molar-refractivity contribution in [3.05, 3.63) is 23.2 Å². The standard InChI is InChI=1S/C20H20ClF3N2O7S/c1-32-15-5-11(6-19(15,17(28)29)14-7-18(14,8-25)16(26)27)34(30,31)13-3-2-10(4-12(13)21)33-9-20(22,23)24/h2-4,11,14-15H,5-7,9H2,1H3,(H2,26,27)(H,28,29)/t11-,14?,15+,18?,19+/m0/s1. The van der Waals surface area contributed by atoms with Crippen LogP contribution >= 0.6 is 11.6 Å². The predicted octanol–water partition coefficient (Wildman–Crippen LogP) is 2.32. The summed E-state index contributed by atoms with van der Waals surface area (Å²) in [5.74, 6) is -3.79. The van der Waals surface area contributed by atoms with Gasteiger partial charge in [0.05, 0.1) is 27.3 Å². The average molecular weight is 525 g/mol. The minimum Gasteiger partial charge on any atom is -0.484 e. The van der Waals surface area contributed by atoms with Gasteiger partial charge in [-0.1, -0.05) is 11.6 Å². The summed E-state index contributed by atoms with van der Waals surface area (Å²) >= 11 is 6.04. The Morgan fingerprint density at radius 2 is 2.00 bits per heavy atom. The Balaban J connectivity index is 1.94. The van der Waals surface area contributed by atoms with Crippen LogP contribution in [0.25, 0.3) is 0 Å². The molecule has 3 N–H and O–H groups in total. The third-order valence-electron chi connectivity index (χ3n) is 6.57. The lowest BCUT2D eigenvalue weighted by molar-refractivity contribution is -0.159. The first kappa shape index (κ1) is 26.1. The van der Waals surface area contributed by atoms with Crippen molar-refractivity contribution in [3.63, 3.8) is 0 Å². The number of rotatable bonds is 8. The van der Waals surface area contributed by atoms with Gasteiger partial charge in [-0.15, -0.1) is 0 Å². The minimum absolute atomic E-state index is 0.149. The second-order valence-corrected chi connectivity index (χ2v) is 11.0. The maximum Gasteiger partial charge on any atom is 0.422 e. The fourth-order valence-corrected chi connectivity index (χ4v) is 7.17. The number of hydrogen-bond donors (Lipinski definition) is 2. The van der Waals surface area contributed by atoms with Crippen LogP contribution in [0.3, 0.4) is 0 Å². The molecule has 0 spiro atoms. The number of halogens is 4. The highest BCUT2D eigenvalue weighted by molar-refractivity contribution is 7.92. The molecule has 0 aliphatic heterocycles. The lowest BCUT2D eigenvalue weighted by Crippen LogP contribution is -2.44. The summed E-state index contributed by atoms with van der Waals surface area (Å²) in [5, 5.41) is 17.8. The molecule has 1 amide bonds. The van der Waals surface area contributed by atoms with Gasteiger partial charge in [-0.25, -0.2) is 8.42 Å². The SMILES string of the molecule is CO[C@@H]1C[C@H](S(=O)(=O)c2ccc(OCC(F)(F)F)cc2Cl)C[C@@]1(C(=O)O)C1CC1(C#N)C(N)=O. The molecule has 2 fully saturated rings. The number of nitrogens with two attached hydrogens (primary N) is 1. The zero-order valence-corrected chi connectivity index (χ0v) is 19.2. The summed E-state index contributed by atoms with van der Waals surface area (Å²) in [5.41, 5.74) is 1.71. The number of sulfone groups is 1. The number of benzene rings is 1. The second-order valence-electron chi connectivity index (χ2n) is 8.38. The Hall–Kier alpha value is -2.56. The van der Waals surface area contributed by atoms with E-state index < -0.39 is 78.9 Å². The summed E-state index contributed by atoms with van der Waals surface area (Å²) in [6.07, 6.45) is -6.66. The van der Waals surface area contributed by atoms with Crippen molar-refractivity contribution in [2.24, 2.45) is 22.5 Å². The molecule has 0 heterocycles. The Morgan fingerprint density at radius 1 is 1.35 bits per heavy atom. The Kier molecular flexibility index (Phi) is 6.58. The third kappa shape index (κ3) is 4.18. The molecule has 2 unspecified atom stereocenters. The van der Waals surface area contributed by atoms with E-state index >= 15 is 0 Å². The molecule has 0 radical (unpaired) electrons. The lowest BCUT2D eigenvalue weighted by Gasteiger charge is -2.31. The number of aliphatic carboxylic acids is 1. The minimum atomic E-state index is -4.61. The van der Waals surface area contributed by atoms with E-state index in [1.54, 1.807) is 6.07 Å². The molecule has 14 heteroatoms.